The molecule has 1 atom stereocenters. The van der Waals surface area contributed by atoms with Crippen LogP contribution in [0.5, 0.6) is 0 Å². The van der Waals surface area contributed by atoms with Crippen molar-refractivity contribution in [2.45, 2.75) is 18.9 Å². The summed E-state index contributed by atoms with van der Waals surface area (Å²) in [5.41, 5.74) is 9.16. The van der Waals surface area contributed by atoms with Crippen LogP contribution < -0.4 is 5.73 Å². The van der Waals surface area contributed by atoms with Gasteiger partial charge < -0.3 is 5.73 Å². The SMILES string of the molecule is N#Cc1cc(I)c2c(c1)C(N)CC2. The number of hydrogen-bond acceptors (Lipinski definition) is 2. The Kier molecular flexibility index (Phi) is 2.26. The monoisotopic (exact) mass is 284 g/mol. The van der Waals surface area contributed by atoms with Crippen molar-refractivity contribution in [2.24, 2.45) is 5.73 Å². The zero-order valence-corrected chi connectivity index (χ0v) is 9.21. The molecule has 0 aromatic heterocycles. The van der Waals surface area contributed by atoms with Gasteiger partial charge in [0.1, 0.15) is 0 Å². The summed E-state index contributed by atoms with van der Waals surface area (Å²) in [6.07, 6.45) is 2.07. The fourth-order valence-corrected chi connectivity index (χ4v) is 2.69. The Morgan fingerprint density at radius 3 is 3.00 bits per heavy atom. The number of fused-ring (bicyclic) bond motifs is 1. The summed E-state index contributed by atoms with van der Waals surface area (Å²) in [5.74, 6) is 0. The van der Waals surface area contributed by atoms with Gasteiger partial charge in [0.2, 0.25) is 0 Å². The van der Waals surface area contributed by atoms with E-state index in [1.165, 1.54) is 14.7 Å². The van der Waals surface area contributed by atoms with Crippen molar-refractivity contribution in [2.75, 3.05) is 0 Å². The average Bonchev–Trinajstić information content (AvgIpc) is 2.48. The first-order valence-electron chi connectivity index (χ1n) is 4.20. The molecule has 1 aliphatic carbocycles. The van der Waals surface area contributed by atoms with E-state index in [1.807, 2.05) is 12.1 Å². The third kappa shape index (κ3) is 1.45. The van der Waals surface area contributed by atoms with Gasteiger partial charge in [0, 0.05) is 9.61 Å². The Hall–Kier alpha value is -0.600. The number of nitrogens with zero attached hydrogens (tertiary/aromatic N) is 1. The van der Waals surface area contributed by atoms with Crippen LogP contribution in [0.25, 0.3) is 0 Å². The van der Waals surface area contributed by atoms with Gasteiger partial charge >= 0.3 is 0 Å². The third-order valence-electron chi connectivity index (χ3n) is 2.46. The molecule has 2 rings (SSSR count). The van der Waals surface area contributed by atoms with Gasteiger partial charge in [0.05, 0.1) is 11.6 Å². The molecule has 1 aliphatic rings. The summed E-state index contributed by atoms with van der Waals surface area (Å²) < 4.78 is 1.18. The van der Waals surface area contributed by atoms with Crippen molar-refractivity contribution in [1.82, 2.24) is 0 Å². The number of benzene rings is 1. The van der Waals surface area contributed by atoms with Gasteiger partial charge in [0.25, 0.3) is 0 Å². The minimum Gasteiger partial charge on any atom is -0.324 e. The predicted molar refractivity (Wildman–Crippen MR) is 59.1 cm³/mol. The molecule has 0 amide bonds. The van der Waals surface area contributed by atoms with E-state index >= 15 is 0 Å². The Bertz CT molecular complexity index is 393. The summed E-state index contributed by atoms with van der Waals surface area (Å²) in [6.45, 7) is 0. The number of halogens is 1. The fourth-order valence-electron chi connectivity index (χ4n) is 1.77. The molecule has 66 valence electrons. The van der Waals surface area contributed by atoms with Gasteiger partial charge in [-0.2, -0.15) is 5.26 Å². The van der Waals surface area contributed by atoms with Crippen LogP contribution in [0.1, 0.15) is 29.2 Å². The molecule has 13 heavy (non-hydrogen) atoms. The van der Waals surface area contributed by atoms with E-state index in [-0.39, 0.29) is 6.04 Å². The molecule has 2 N–H and O–H groups in total. The topological polar surface area (TPSA) is 49.8 Å². The molecule has 0 saturated heterocycles. The molecule has 1 aromatic rings. The zero-order valence-electron chi connectivity index (χ0n) is 7.05. The Labute approximate surface area is 90.9 Å². The summed E-state index contributed by atoms with van der Waals surface area (Å²) >= 11 is 2.28. The van der Waals surface area contributed by atoms with Gasteiger partial charge in [-0.3, -0.25) is 0 Å². The van der Waals surface area contributed by atoms with Crippen molar-refractivity contribution in [1.29, 1.82) is 5.26 Å². The molecule has 0 saturated carbocycles. The van der Waals surface area contributed by atoms with Gasteiger partial charge in [0.15, 0.2) is 0 Å². The Morgan fingerprint density at radius 1 is 1.54 bits per heavy atom. The normalized spacial score (nSPS) is 19.6. The number of nitriles is 1. The zero-order chi connectivity index (χ0) is 9.42. The van der Waals surface area contributed by atoms with Crippen LogP contribution in [0.4, 0.5) is 0 Å². The van der Waals surface area contributed by atoms with E-state index < -0.39 is 0 Å². The molecule has 0 bridgehead atoms. The Balaban J connectivity index is 2.61. The molecule has 0 heterocycles. The van der Waals surface area contributed by atoms with E-state index in [4.69, 9.17) is 11.0 Å². The van der Waals surface area contributed by atoms with E-state index in [1.54, 1.807) is 0 Å². The van der Waals surface area contributed by atoms with E-state index in [0.29, 0.717) is 0 Å². The van der Waals surface area contributed by atoms with Gasteiger partial charge in [-0.25, -0.2) is 0 Å². The van der Waals surface area contributed by atoms with Crippen LogP contribution in [0.2, 0.25) is 0 Å². The van der Waals surface area contributed by atoms with Crippen LogP contribution >= 0.6 is 22.6 Å². The smallest absolute Gasteiger partial charge is 0.0992 e. The highest BCUT2D eigenvalue weighted by Crippen LogP contribution is 2.33. The third-order valence-corrected chi connectivity index (χ3v) is 3.43. The van der Waals surface area contributed by atoms with Gasteiger partial charge in [-0.15, -0.1) is 0 Å². The van der Waals surface area contributed by atoms with Crippen LogP contribution in [-0.2, 0) is 6.42 Å². The lowest BCUT2D eigenvalue weighted by Crippen LogP contribution is -2.05. The minimum atomic E-state index is 0.136. The first kappa shape index (κ1) is 8.97. The summed E-state index contributed by atoms with van der Waals surface area (Å²) in [4.78, 5) is 0. The maximum Gasteiger partial charge on any atom is 0.0992 e. The first-order chi connectivity index (χ1) is 6.22. The lowest BCUT2D eigenvalue weighted by molar-refractivity contribution is 0.713. The second kappa shape index (κ2) is 3.28. The standard InChI is InChI=1S/C10H9IN2/c11-9-4-6(5-12)3-8-7(9)1-2-10(8)13/h3-4,10H,1-2,13H2. The van der Waals surface area contributed by atoms with Crippen molar-refractivity contribution < 1.29 is 0 Å². The molecule has 0 spiro atoms. The van der Waals surface area contributed by atoms with Crippen LogP contribution in [0.3, 0.4) is 0 Å². The highest BCUT2D eigenvalue weighted by molar-refractivity contribution is 14.1. The molecule has 0 fully saturated rings. The van der Waals surface area contributed by atoms with Gasteiger partial charge in [-0.1, -0.05) is 0 Å². The molecule has 1 aromatic carbocycles. The summed E-state index contributed by atoms with van der Waals surface area (Å²) in [5, 5.41) is 8.79. The van der Waals surface area contributed by atoms with Crippen LogP contribution in [0.15, 0.2) is 12.1 Å². The minimum absolute atomic E-state index is 0.136. The fraction of sp³-hybridized carbons (Fsp3) is 0.300. The maximum atomic E-state index is 8.79. The molecule has 0 aliphatic heterocycles. The average molecular weight is 284 g/mol. The Morgan fingerprint density at radius 2 is 2.31 bits per heavy atom. The quantitative estimate of drug-likeness (QED) is 0.742. The van der Waals surface area contributed by atoms with E-state index in [9.17, 15) is 0 Å². The maximum absolute atomic E-state index is 8.79. The predicted octanol–water partition coefficient (Wildman–Crippen LogP) is 2.11. The van der Waals surface area contributed by atoms with Crippen molar-refractivity contribution in [3.8, 4) is 6.07 Å². The second-order valence-electron chi connectivity index (χ2n) is 3.28. The highest BCUT2D eigenvalue weighted by Gasteiger charge is 2.21. The van der Waals surface area contributed by atoms with Gasteiger partial charge in [-0.05, 0) is 58.7 Å². The number of nitrogens with two attached hydrogens (primary N) is 1. The summed E-state index contributed by atoms with van der Waals surface area (Å²) in [6, 6.07) is 6.15. The number of hydrogen-bond donors (Lipinski definition) is 1. The number of rotatable bonds is 0. The van der Waals surface area contributed by atoms with Crippen LogP contribution in [0, 0.1) is 14.9 Å². The van der Waals surface area contributed by atoms with Crippen molar-refractivity contribution >= 4 is 22.6 Å². The highest BCUT2D eigenvalue weighted by atomic mass is 127. The van der Waals surface area contributed by atoms with E-state index in [0.717, 1.165) is 18.4 Å². The molecule has 2 nitrogen and oxygen atoms in total. The summed E-state index contributed by atoms with van der Waals surface area (Å²) in [7, 11) is 0. The molecule has 1 unspecified atom stereocenters. The largest absolute Gasteiger partial charge is 0.324 e. The lowest BCUT2D eigenvalue weighted by Gasteiger charge is -2.06. The molecular formula is C10H9IN2. The first-order valence-corrected chi connectivity index (χ1v) is 5.28. The molecular weight excluding hydrogens is 275 g/mol. The lowest BCUT2D eigenvalue weighted by atomic mass is 10.1. The van der Waals surface area contributed by atoms with Crippen molar-refractivity contribution in [3.63, 3.8) is 0 Å². The van der Waals surface area contributed by atoms with Crippen molar-refractivity contribution in [3.05, 3.63) is 32.4 Å². The van der Waals surface area contributed by atoms with Crippen LogP contribution in [-0.4, -0.2) is 0 Å². The molecule has 0 radical (unpaired) electrons. The second-order valence-corrected chi connectivity index (χ2v) is 4.45. The van der Waals surface area contributed by atoms with E-state index in [2.05, 4.69) is 28.7 Å². The molecule has 3 heteroatoms.